The number of rotatable bonds is 3. The minimum absolute atomic E-state index is 0.0886. The number of piperazine rings is 1. The lowest BCUT2D eigenvalue weighted by Crippen LogP contribution is -2.54. The van der Waals surface area contributed by atoms with E-state index in [1.165, 1.54) is 11.5 Å². The summed E-state index contributed by atoms with van der Waals surface area (Å²) in [7, 11) is 2.13. The normalized spacial score (nSPS) is 20.8. The fraction of sp³-hybridized carbons (Fsp3) is 0.800. The summed E-state index contributed by atoms with van der Waals surface area (Å²) in [6, 6.07) is 0.415. The molecule has 1 aromatic heterocycles. The first-order chi connectivity index (χ1) is 11.2. The molecule has 2 amide bonds. The lowest BCUT2D eigenvalue weighted by molar-refractivity contribution is 0.178. The molecular formula is C15H26N6OS. The predicted molar refractivity (Wildman–Crippen MR) is 92.1 cm³/mol. The van der Waals surface area contributed by atoms with Crippen molar-refractivity contribution in [3.05, 3.63) is 5.82 Å². The third-order valence-corrected chi connectivity index (χ3v) is 5.47. The van der Waals surface area contributed by atoms with Gasteiger partial charge in [0.15, 0.2) is 0 Å². The zero-order valence-electron chi connectivity index (χ0n) is 14.0. The number of carbonyl (C=O) groups is 1. The van der Waals surface area contributed by atoms with Crippen LogP contribution < -0.4 is 10.2 Å². The summed E-state index contributed by atoms with van der Waals surface area (Å²) in [6.45, 7) is 7.36. The van der Waals surface area contributed by atoms with Crippen LogP contribution >= 0.6 is 11.5 Å². The maximum atomic E-state index is 12.4. The number of hydrogen-bond donors (Lipinski definition) is 1. The Morgan fingerprint density at radius 1 is 1.22 bits per heavy atom. The van der Waals surface area contributed by atoms with Crippen LogP contribution in [0.2, 0.25) is 0 Å². The minimum Gasteiger partial charge on any atom is -0.343 e. The van der Waals surface area contributed by atoms with Crippen molar-refractivity contribution in [2.75, 3.05) is 51.2 Å². The van der Waals surface area contributed by atoms with E-state index in [0.717, 1.165) is 69.5 Å². The van der Waals surface area contributed by atoms with E-state index >= 15 is 0 Å². The van der Waals surface area contributed by atoms with Crippen molar-refractivity contribution >= 4 is 22.7 Å². The number of nitrogens with one attached hydrogen (secondary N) is 1. The Morgan fingerprint density at radius 2 is 1.91 bits per heavy atom. The average Bonchev–Trinajstić information content (AvgIpc) is 3.06. The molecule has 0 radical (unpaired) electrons. The van der Waals surface area contributed by atoms with E-state index in [4.69, 9.17) is 0 Å². The molecule has 2 aliphatic heterocycles. The third kappa shape index (κ3) is 4.11. The Morgan fingerprint density at radius 3 is 2.52 bits per heavy atom. The molecule has 0 spiro atoms. The monoisotopic (exact) mass is 338 g/mol. The first kappa shape index (κ1) is 16.4. The van der Waals surface area contributed by atoms with Crippen LogP contribution in [0.3, 0.4) is 0 Å². The number of likely N-dealkylation sites (tertiary alicyclic amines) is 1. The van der Waals surface area contributed by atoms with Crippen molar-refractivity contribution in [3.8, 4) is 0 Å². The molecule has 3 rings (SSSR count). The maximum absolute atomic E-state index is 12.4. The predicted octanol–water partition coefficient (Wildman–Crippen LogP) is 1.03. The first-order valence-electron chi connectivity index (χ1n) is 8.47. The van der Waals surface area contributed by atoms with Gasteiger partial charge < -0.3 is 20.0 Å². The molecule has 0 aromatic carbocycles. The van der Waals surface area contributed by atoms with Crippen LogP contribution in [0.5, 0.6) is 0 Å². The summed E-state index contributed by atoms with van der Waals surface area (Å²) in [5.74, 6) is 0.910. The third-order valence-electron chi connectivity index (χ3n) is 4.66. The van der Waals surface area contributed by atoms with Crippen LogP contribution in [0.1, 0.15) is 25.6 Å². The van der Waals surface area contributed by atoms with E-state index in [9.17, 15) is 4.79 Å². The molecule has 2 aliphatic rings. The van der Waals surface area contributed by atoms with Crippen molar-refractivity contribution in [1.82, 2.24) is 24.5 Å². The van der Waals surface area contributed by atoms with E-state index in [-0.39, 0.29) is 6.03 Å². The molecule has 2 fully saturated rings. The van der Waals surface area contributed by atoms with E-state index < -0.39 is 0 Å². The number of urea groups is 1. The number of amides is 2. The SMILES string of the molecule is CCc1nsc(N2CCN(C(=O)NC3CCN(C)CC3)CC2)n1. The van der Waals surface area contributed by atoms with Crippen molar-refractivity contribution < 1.29 is 4.79 Å². The second-order valence-corrected chi connectivity index (χ2v) is 7.08. The van der Waals surface area contributed by atoms with Crippen LogP contribution in [-0.4, -0.2) is 77.5 Å². The number of aryl methyl sites for hydroxylation is 1. The zero-order chi connectivity index (χ0) is 16.2. The Hall–Kier alpha value is -1.41. The van der Waals surface area contributed by atoms with Crippen LogP contribution in [-0.2, 0) is 6.42 Å². The molecule has 0 saturated carbocycles. The molecule has 8 heteroatoms. The van der Waals surface area contributed by atoms with Crippen molar-refractivity contribution in [2.24, 2.45) is 0 Å². The summed E-state index contributed by atoms with van der Waals surface area (Å²) < 4.78 is 4.34. The quantitative estimate of drug-likeness (QED) is 0.892. The fourth-order valence-corrected chi connectivity index (χ4v) is 3.84. The lowest BCUT2D eigenvalue weighted by atomic mass is 10.1. The molecule has 3 heterocycles. The van der Waals surface area contributed by atoms with Gasteiger partial charge in [0.1, 0.15) is 5.82 Å². The van der Waals surface area contributed by atoms with Gasteiger partial charge in [0.25, 0.3) is 0 Å². The van der Waals surface area contributed by atoms with E-state index in [1.807, 2.05) is 4.90 Å². The van der Waals surface area contributed by atoms with Crippen LogP contribution in [0.4, 0.5) is 9.93 Å². The molecule has 1 aromatic rings. The topological polar surface area (TPSA) is 64.6 Å². The first-order valence-corrected chi connectivity index (χ1v) is 9.24. The molecule has 1 N–H and O–H groups in total. The molecule has 0 atom stereocenters. The van der Waals surface area contributed by atoms with E-state index in [2.05, 4.69) is 38.4 Å². The summed E-state index contributed by atoms with van der Waals surface area (Å²) in [5.41, 5.74) is 0. The van der Waals surface area contributed by atoms with E-state index in [0.29, 0.717) is 6.04 Å². The Balaban J connectivity index is 1.45. The highest BCUT2D eigenvalue weighted by molar-refractivity contribution is 7.09. The number of anilines is 1. The standard InChI is InChI=1S/C15H26N6OS/c1-3-13-17-15(23-18-13)21-10-8-20(9-11-21)14(22)16-12-4-6-19(2)7-5-12/h12H,3-11H2,1-2H3,(H,16,22). The van der Waals surface area contributed by atoms with Crippen molar-refractivity contribution in [2.45, 2.75) is 32.2 Å². The summed E-state index contributed by atoms with van der Waals surface area (Å²) in [4.78, 5) is 23.4. The minimum atomic E-state index is 0.0886. The highest BCUT2D eigenvalue weighted by Crippen LogP contribution is 2.19. The maximum Gasteiger partial charge on any atom is 0.317 e. The van der Waals surface area contributed by atoms with Gasteiger partial charge >= 0.3 is 6.03 Å². The Kier molecular flexibility index (Phi) is 5.32. The van der Waals surface area contributed by atoms with Gasteiger partial charge in [-0.2, -0.15) is 4.37 Å². The van der Waals surface area contributed by atoms with Gasteiger partial charge in [-0.3, -0.25) is 0 Å². The number of carbonyl (C=O) groups excluding carboxylic acids is 1. The summed E-state index contributed by atoms with van der Waals surface area (Å²) >= 11 is 1.46. The Bertz CT molecular complexity index is 520. The van der Waals surface area contributed by atoms with Crippen LogP contribution in [0, 0.1) is 0 Å². The van der Waals surface area contributed by atoms with Gasteiger partial charge in [0.2, 0.25) is 5.13 Å². The molecule has 2 saturated heterocycles. The number of hydrogen-bond acceptors (Lipinski definition) is 6. The summed E-state index contributed by atoms with van der Waals surface area (Å²) in [6.07, 6.45) is 2.97. The van der Waals surface area contributed by atoms with Crippen LogP contribution in [0.25, 0.3) is 0 Å². The van der Waals surface area contributed by atoms with Gasteiger partial charge in [0.05, 0.1) is 0 Å². The van der Waals surface area contributed by atoms with Crippen molar-refractivity contribution in [3.63, 3.8) is 0 Å². The van der Waals surface area contributed by atoms with Gasteiger partial charge in [-0.05, 0) is 33.0 Å². The molecule has 128 valence electrons. The van der Waals surface area contributed by atoms with Gasteiger partial charge in [0, 0.05) is 50.2 Å². The number of nitrogens with zero attached hydrogens (tertiary/aromatic N) is 5. The largest absolute Gasteiger partial charge is 0.343 e. The lowest BCUT2D eigenvalue weighted by Gasteiger charge is -2.36. The smallest absolute Gasteiger partial charge is 0.317 e. The highest BCUT2D eigenvalue weighted by atomic mass is 32.1. The molecule has 0 unspecified atom stereocenters. The molecular weight excluding hydrogens is 312 g/mol. The zero-order valence-corrected chi connectivity index (χ0v) is 14.8. The molecule has 23 heavy (non-hydrogen) atoms. The van der Waals surface area contributed by atoms with Gasteiger partial charge in [-0.15, -0.1) is 0 Å². The number of piperidine rings is 1. The second kappa shape index (κ2) is 7.44. The number of aromatic nitrogens is 2. The van der Waals surface area contributed by atoms with Gasteiger partial charge in [-0.25, -0.2) is 9.78 Å². The summed E-state index contributed by atoms with van der Waals surface area (Å²) in [5, 5.41) is 4.18. The van der Waals surface area contributed by atoms with Crippen LogP contribution in [0.15, 0.2) is 0 Å². The fourth-order valence-electron chi connectivity index (χ4n) is 3.04. The van der Waals surface area contributed by atoms with Gasteiger partial charge in [-0.1, -0.05) is 6.92 Å². The Labute approximate surface area is 141 Å². The van der Waals surface area contributed by atoms with Crippen molar-refractivity contribution in [1.29, 1.82) is 0 Å². The highest BCUT2D eigenvalue weighted by Gasteiger charge is 2.25. The average molecular weight is 338 g/mol. The second-order valence-electron chi connectivity index (χ2n) is 6.35. The molecule has 7 nitrogen and oxygen atoms in total. The molecule has 0 aliphatic carbocycles. The molecule has 0 bridgehead atoms. The van der Waals surface area contributed by atoms with E-state index in [1.54, 1.807) is 0 Å².